The third kappa shape index (κ3) is 4.21. The summed E-state index contributed by atoms with van der Waals surface area (Å²) in [4.78, 5) is 64.8. The molecule has 39 heavy (non-hydrogen) atoms. The van der Waals surface area contributed by atoms with Gasteiger partial charge in [0.2, 0.25) is 11.8 Å². The monoisotopic (exact) mass is 575 g/mol. The largest absolute Gasteiger partial charge is 0.480 e. The van der Waals surface area contributed by atoms with Crippen LogP contribution in [0.2, 0.25) is 5.02 Å². The van der Waals surface area contributed by atoms with E-state index in [9.17, 15) is 34.4 Å². The Kier molecular flexibility index (Phi) is 6.77. The van der Waals surface area contributed by atoms with E-state index in [0.717, 1.165) is 11.0 Å². The smallest absolute Gasteiger partial charge is 0.433 e. The molecule has 4 unspecified atom stereocenters. The molecule has 2 amide bonds. The number of hydrogen-bond acceptors (Lipinski definition) is 10. The first-order chi connectivity index (χ1) is 18.5. The Hall–Kier alpha value is -3.68. The first-order valence-electron chi connectivity index (χ1n) is 11.8. The van der Waals surface area contributed by atoms with Crippen LogP contribution in [-0.4, -0.2) is 50.3 Å². The number of rotatable bonds is 8. The molecule has 0 aliphatic carbocycles. The van der Waals surface area contributed by atoms with Crippen LogP contribution in [0.5, 0.6) is 0 Å². The van der Waals surface area contributed by atoms with Gasteiger partial charge in [0.05, 0.1) is 47.7 Å². The third-order valence-corrected chi connectivity index (χ3v) is 8.40. The predicted octanol–water partition coefficient (Wildman–Crippen LogP) is 3.28. The molecule has 2 fully saturated rings. The lowest BCUT2D eigenvalue weighted by Crippen LogP contribution is -2.56. The highest BCUT2D eigenvalue weighted by atomic mass is 35.5. The minimum Gasteiger partial charge on any atom is -0.480 e. The number of carbonyl (C=O) groups is 3. The van der Waals surface area contributed by atoms with Crippen LogP contribution in [0.25, 0.3) is 11.0 Å². The van der Waals surface area contributed by atoms with E-state index < -0.39 is 64.0 Å². The van der Waals surface area contributed by atoms with E-state index >= 15 is 0 Å². The Morgan fingerprint density at radius 2 is 2.03 bits per heavy atom. The van der Waals surface area contributed by atoms with Crippen LogP contribution in [0.15, 0.2) is 44.2 Å². The number of imide groups is 1. The Bertz CT molecular complexity index is 1600. The molecule has 12 nitrogen and oxygen atoms in total. The van der Waals surface area contributed by atoms with Crippen molar-refractivity contribution < 1.29 is 33.2 Å². The minimum atomic E-state index is -1.86. The highest BCUT2D eigenvalue weighted by Gasteiger charge is 2.68. The van der Waals surface area contributed by atoms with Crippen LogP contribution in [0, 0.1) is 28.9 Å². The van der Waals surface area contributed by atoms with Crippen LogP contribution >= 0.6 is 23.4 Å². The average Bonchev–Trinajstić information content (AvgIpc) is 3.56. The van der Waals surface area contributed by atoms with E-state index in [4.69, 9.17) is 20.4 Å². The standard InChI is InChI=1S/C25H22ClN3O9S/c1-11-7-16-13(8-15(11)26)21(30)14(10-37-16)20-18-19(25(27-20,24(33)34)5-6-39-2)23(32)28(22(18)31)9-12-3-4-17(38-12)29(35)36/h3-4,7-8,10,18-20,27H,5-6,9H2,1-2H3,(H,33,34). The molecule has 4 heterocycles. The summed E-state index contributed by atoms with van der Waals surface area (Å²) in [6, 6.07) is 4.25. The van der Waals surface area contributed by atoms with Crippen LogP contribution in [0.1, 0.15) is 29.3 Å². The van der Waals surface area contributed by atoms with Crippen molar-refractivity contribution in [2.75, 3.05) is 12.0 Å². The van der Waals surface area contributed by atoms with Gasteiger partial charge < -0.3 is 13.9 Å². The lowest BCUT2D eigenvalue weighted by atomic mass is 9.78. The molecule has 1 aromatic carbocycles. The zero-order valence-corrected chi connectivity index (χ0v) is 22.2. The number of carbonyl (C=O) groups excluding carboxylic acids is 2. The highest BCUT2D eigenvalue weighted by Crippen LogP contribution is 2.50. The van der Waals surface area contributed by atoms with Gasteiger partial charge in [0.25, 0.3) is 0 Å². The molecule has 2 saturated heterocycles. The number of thioether (sulfide) groups is 1. The van der Waals surface area contributed by atoms with Gasteiger partial charge >= 0.3 is 11.9 Å². The molecule has 0 bridgehead atoms. The van der Waals surface area contributed by atoms with Gasteiger partial charge in [-0.15, -0.1) is 0 Å². The van der Waals surface area contributed by atoms with Crippen LogP contribution < -0.4 is 10.7 Å². The zero-order chi connectivity index (χ0) is 28.2. The number of benzene rings is 1. The number of hydrogen-bond donors (Lipinski definition) is 2. The van der Waals surface area contributed by atoms with Gasteiger partial charge in [0, 0.05) is 5.02 Å². The molecule has 5 rings (SSSR count). The van der Waals surface area contributed by atoms with Crippen molar-refractivity contribution in [3.8, 4) is 0 Å². The molecule has 2 aromatic heterocycles. The number of furan rings is 1. The molecule has 3 aromatic rings. The van der Waals surface area contributed by atoms with Crippen LogP contribution in [0.3, 0.4) is 0 Å². The predicted molar refractivity (Wildman–Crippen MR) is 139 cm³/mol. The summed E-state index contributed by atoms with van der Waals surface area (Å²) >= 11 is 7.60. The summed E-state index contributed by atoms with van der Waals surface area (Å²) in [5.74, 6) is -5.67. The van der Waals surface area contributed by atoms with Gasteiger partial charge in [0.1, 0.15) is 21.8 Å². The second-order valence-corrected chi connectivity index (χ2v) is 10.9. The van der Waals surface area contributed by atoms with Crippen molar-refractivity contribution in [1.82, 2.24) is 10.2 Å². The molecule has 204 valence electrons. The number of fused-ring (bicyclic) bond motifs is 2. The van der Waals surface area contributed by atoms with Crippen molar-refractivity contribution in [3.05, 3.63) is 72.8 Å². The topological polar surface area (TPSA) is 173 Å². The highest BCUT2D eigenvalue weighted by molar-refractivity contribution is 7.98. The number of nitrogens with one attached hydrogen (secondary N) is 1. The molecular weight excluding hydrogens is 554 g/mol. The molecule has 0 spiro atoms. The molecule has 4 atom stereocenters. The number of halogens is 1. The van der Waals surface area contributed by atoms with Gasteiger partial charge in [-0.2, -0.15) is 11.8 Å². The van der Waals surface area contributed by atoms with Crippen LogP contribution in [-0.2, 0) is 20.9 Å². The number of aryl methyl sites for hydroxylation is 1. The fourth-order valence-electron chi connectivity index (χ4n) is 5.47. The zero-order valence-electron chi connectivity index (χ0n) is 20.6. The summed E-state index contributed by atoms with van der Waals surface area (Å²) < 4.78 is 10.8. The van der Waals surface area contributed by atoms with Gasteiger partial charge in [-0.25, -0.2) is 0 Å². The number of likely N-dealkylation sites (tertiary alicyclic amines) is 1. The van der Waals surface area contributed by atoms with E-state index in [1.807, 2.05) is 0 Å². The van der Waals surface area contributed by atoms with Gasteiger partial charge in [-0.05, 0) is 49.1 Å². The van der Waals surface area contributed by atoms with E-state index in [1.165, 1.54) is 30.2 Å². The molecule has 0 radical (unpaired) electrons. The summed E-state index contributed by atoms with van der Waals surface area (Å²) in [6.45, 7) is 1.32. The van der Waals surface area contributed by atoms with E-state index in [-0.39, 0.29) is 28.7 Å². The SMILES string of the molecule is CSCCC1(C(=O)O)NC(c2coc3cc(C)c(Cl)cc3c2=O)C2C(=O)N(Cc3ccc([N+](=O)[O-])o3)C(=O)C21. The second kappa shape index (κ2) is 9.81. The number of amides is 2. The molecule has 2 aliphatic rings. The number of aliphatic carboxylic acids is 1. The second-order valence-electron chi connectivity index (χ2n) is 9.52. The maximum Gasteiger partial charge on any atom is 0.433 e. The Morgan fingerprint density at radius 1 is 1.28 bits per heavy atom. The lowest BCUT2D eigenvalue weighted by Gasteiger charge is -2.30. The Morgan fingerprint density at radius 3 is 2.67 bits per heavy atom. The van der Waals surface area contributed by atoms with Gasteiger partial charge in [-0.1, -0.05) is 11.6 Å². The van der Waals surface area contributed by atoms with Crippen LogP contribution in [0.4, 0.5) is 5.88 Å². The fraction of sp³-hybridized carbons (Fsp3) is 0.360. The number of carboxylic acid groups (broad SMARTS) is 1. The summed E-state index contributed by atoms with van der Waals surface area (Å²) in [6.07, 6.45) is 2.95. The van der Waals surface area contributed by atoms with E-state index in [0.29, 0.717) is 16.3 Å². The molecule has 14 heteroatoms. The first-order valence-corrected chi connectivity index (χ1v) is 13.6. The van der Waals surface area contributed by atoms with Crippen molar-refractivity contribution in [1.29, 1.82) is 0 Å². The van der Waals surface area contributed by atoms with Crippen molar-refractivity contribution >= 4 is 58.0 Å². The number of nitro groups is 1. The van der Waals surface area contributed by atoms with Gasteiger partial charge in [-0.3, -0.25) is 39.5 Å². The Labute approximate surface area is 229 Å². The molecule has 2 N–H and O–H groups in total. The summed E-state index contributed by atoms with van der Waals surface area (Å²) in [5.41, 5.74) is -1.43. The maximum absolute atomic E-state index is 13.7. The molecular formula is C25H22ClN3O9S. The lowest BCUT2D eigenvalue weighted by molar-refractivity contribution is -0.402. The minimum absolute atomic E-state index is 0.00973. The van der Waals surface area contributed by atoms with Crippen molar-refractivity contribution in [2.45, 2.75) is 31.5 Å². The van der Waals surface area contributed by atoms with Crippen molar-refractivity contribution in [3.63, 3.8) is 0 Å². The Balaban J connectivity index is 1.62. The molecule has 0 saturated carbocycles. The third-order valence-electron chi connectivity index (χ3n) is 7.38. The summed E-state index contributed by atoms with van der Waals surface area (Å²) in [5, 5.41) is 24.8. The fourth-order valence-corrected chi connectivity index (χ4v) is 6.16. The summed E-state index contributed by atoms with van der Waals surface area (Å²) in [7, 11) is 0. The average molecular weight is 576 g/mol. The number of carboxylic acids is 1. The number of nitrogens with zero attached hydrogens (tertiary/aromatic N) is 2. The quantitative estimate of drug-likeness (QED) is 0.229. The molecule has 2 aliphatic heterocycles. The van der Waals surface area contributed by atoms with Gasteiger partial charge in [0.15, 0.2) is 5.43 Å². The normalized spacial score (nSPS) is 24.5. The maximum atomic E-state index is 13.7. The first kappa shape index (κ1) is 26.9. The van der Waals surface area contributed by atoms with Crippen molar-refractivity contribution in [2.24, 2.45) is 11.8 Å². The van der Waals surface area contributed by atoms with E-state index in [1.54, 1.807) is 19.2 Å². The van der Waals surface area contributed by atoms with E-state index in [2.05, 4.69) is 5.32 Å².